The van der Waals surface area contributed by atoms with Gasteiger partial charge >= 0.3 is 5.97 Å². The molecule has 0 amide bonds. The monoisotopic (exact) mass is 270 g/mol. The number of carboxylic acid groups (broad SMARTS) is 1. The third-order valence-corrected chi connectivity index (χ3v) is 4.42. The lowest BCUT2D eigenvalue weighted by atomic mass is 10.2. The molecule has 0 aromatic rings. The Labute approximate surface area is 115 Å². The Balaban J connectivity index is 1.75. The number of carbonyl (C=O) groups is 1. The summed E-state index contributed by atoms with van der Waals surface area (Å²) in [6.45, 7) is 9.74. The molecule has 2 aliphatic heterocycles. The van der Waals surface area contributed by atoms with Crippen molar-refractivity contribution >= 4 is 5.97 Å². The number of carboxylic acids is 1. The molecule has 2 rings (SSSR count). The average molecular weight is 270 g/mol. The third kappa shape index (κ3) is 3.68. The van der Waals surface area contributed by atoms with Crippen LogP contribution in [0.15, 0.2) is 0 Å². The first kappa shape index (κ1) is 14.8. The van der Waals surface area contributed by atoms with Crippen molar-refractivity contribution in [2.75, 3.05) is 32.7 Å². The second-order valence-corrected chi connectivity index (χ2v) is 5.59. The van der Waals surface area contributed by atoms with Crippen LogP contribution in [-0.4, -0.2) is 71.8 Å². The highest BCUT2D eigenvalue weighted by Gasteiger charge is 2.33. The Kier molecular flexibility index (Phi) is 5.19. The Morgan fingerprint density at radius 1 is 1.32 bits per heavy atom. The first-order valence-corrected chi connectivity index (χ1v) is 7.48. The molecular weight excluding hydrogens is 244 g/mol. The van der Waals surface area contributed by atoms with Gasteiger partial charge in [0.25, 0.3) is 0 Å². The lowest BCUT2D eigenvalue weighted by Gasteiger charge is -2.26. The summed E-state index contributed by atoms with van der Waals surface area (Å²) in [5.41, 5.74) is 0. The molecule has 0 aliphatic carbocycles. The average Bonchev–Trinajstić information content (AvgIpc) is 3.01. The van der Waals surface area contributed by atoms with E-state index in [0.717, 1.165) is 39.1 Å². The first-order chi connectivity index (χ1) is 9.13. The third-order valence-electron chi connectivity index (χ3n) is 4.42. The van der Waals surface area contributed by atoms with Gasteiger partial charge in [-0.15, -0.1) is 0 Å². The number of likely N-dealkylation sites (tertiary alicyclic amines) is 1. The lowest BCUT2D eigenvalue weighted by molar-refractivity contribution is -0.149. The van der Waals surface area contributed by atoms with E-state index in [1.165, 1.54) is 6.42 Å². The number of rotatable bonds is 6. The van der Waals surface area contributed by atoms with Crippen LogP contribution in [0, 0.1) is 0 Å². The largest absolute Gasteiger partial charge is 0.479 e. The van der Waals surface area contributed by atoms with Gasteiger partial charge in [0.2, 0.25) is 0 Å². The molecule has 0 aromatic heterocycles. The van der Waals surface area contributed by atoms with Gasteiger partial charge in [-0.05, 0) is 38.9 Å². The molecule has 5 nitrogen and oxygen atoms in total. The van der Waals surface area contributed by atoms with Gasteiger partial charge in [0.05, 0.1) is 6.10 Å². The van der Waals surface area contributed by atoms with E-state index in [1.54, 1.807) is 0 Å². The summed E-state index contributed by atoms with van der Waals surface area (Å²) in [6.07, 6.45) is 2.29. The summed E-state index contributed by atoms with van der Waals surface area (Å²) < 4.78 is 5.58. The molecule has 0 aromatic carbocycles. The van der Waals surface area contributed by atoms with Crippen LogP contribution >= 0.6 is 0 Å². The van der Waals surface area contributed by atoms with Crippen molar-refractivity contribution in [3.05, 3.63) is 0 Å². The summed E-state index contributed by atoms with van der Waals surface area (Å²) in [5, 5.41) is 8.93. The molecule has 2 fully saturated rings. The standard InChI is InChI=1S/C14H26N2O3/c1-3-16(4-2)11-7-8-15(9-11)10-12-5-6-13(19-12)14(17)18/h11-13H,3-10H2,1-2H3,(H,17,18). The number of hydrogen-bond donors (Lipinski definition) is 1. The molecule has 3 unspecified atom stereocenters. The molecule has 3 atom stereocenters. The molecule has 5 heteroatoms. The van der Waals surface area contributed by atoms with Gasteiger partial charge in [-0.3, -0.25) is 9.80 Å². The molecule has 0 radical (unpaired) electrons. The topological polar surface area (TPSA) is 53.0 Å². The lowest BCUT2D eigenvalue weighted by Crippen LogP contribution is -2.39. The molecule has 1 N–H and O–H groups in total. The zero-order valence-electron chi connectivity index (χ0n) is 12.0. The fourth-order valence-electron chi connectivity index (χ4n) is 3.33. The number of ether oxygens (including phenoxy) is 1. The summed E-state index contributed by atoms with van der Waals surface area (Å²) >= 11 is 0. The van der Waals surface area contributed by atoms with E-state index in [1.807, 2.05) is 0 Å². The molecule has 2 heterocycles. The Morgan fingerprint density at radius 2 is 2.05 bits per heavy atom. The summed E-state index contributed by atoms with van der Waals surface area (Å²) in [6, 6.07) is 0.659. The number of nitrogens with zero attached hydrogens (tertiary/aromatic N) is 2. The molecule has 19 heavy (non-hydrogen) atoms. The van der Waals surface area contributed by atoms with Crippen LogP contribution < -0.4 is 0 Å². The quantitative estimate of drug-likeness (QED) is 0.781. The Bertz CT molecular complexity index is 307. The van der Waals surface area contributed by atoms with E-state index >= 15 is 0 Å². The van der Waals surface area contributed by atoms with E-state index in [4.69, 9.17) is 9.84 Å². The number of hydrogen-bond acceptors (Lipinski definition) is 4. The maximum absolute atomic E-state index is 10.9. The number of aliphatic carboxylic acids is 1. The molecule has 2 saturated heterocycles. The Morgan fingerprint density at radius 3 is 2.63 bits per heavy atom. The Hall–Kier alpha value is -0.650. The summed E-state index contributed by atoms with van der Waals surface area (Å²) in [5.74, 6) is -0.815. The fourth-order valence-corrected chi connectivity index (χ4v) is 3.33. The predicted octanol–water partition coefficient (Wildman–Crippen LogP) is 1.03. The fraction of sp³-hybridized carbons (Fsp3) is 0.929. The van der Waals surface area contributed by atoms with Crippen LogP contribution in [0.2, 0.25) is 0 Å². The van der Waals surface area contributed by atoms with Gasteiger partial charge in [-0.1, -0.05) is 13.8 Å². The van der Waals surface area contributed by atoms with E-state index in [2.05, 4.69) is 23.6 Å². The first-order valence-electron chi connectivity index (χ1n) is 7.48. The van der Waals surface area contributed by atoms with Crippen LogP contribution in [0.3, 0.4) is 0 Å². The van der Waals surface area contributed by atoms with Crippen LogP contribution in [0.25, 0.3) is 0 Å². The van der Waals surface area contributed by atoms with Crippen LogP contribution in [0.5, 0.6) is 0 Å². The van der Waals surface area contributed by atoms with Crippen molar-refractivity contribution < 1.29 is 14.6 Å². The molecule has 0 saturated carbocycles. The maximum atomic E-state index is 10.9. The molecule has 0 bridgehead atoms. The summed E-state index contributed by atoms with van der Waals surface area (Å²) in [4.78, 5) is 15.8. The van der Waals surface area contributed by atoms with E-state index in [-0.39, 0.29) is 6.10 Å². The predicted molar refractivity (Wildman–Crippen MR) is 73.3 cm³/mol. The minimum atomic E-state index is -0.815. The molecule has 2 aliphatic rings. The van der Waals surface area contributed by atoms with Crippen molar-refractivity contribution in [2.45, 2.75) is 51.4 Å². The SMILES string of the molecule is CCN(CC)C1CCN(CC2CCC(C(=O)O)O2)C1. The van der Waals surface area contributed by atoms with Crippen molar-refractivity contribution in [3.8, 4) is 0 Å². The molecule has 110 valence electrons. The van der Waals surface area contributed by atoms with Crippen LogP contribution in [0.4, 0.5) is 0 Å². The highest BCUT2D eigenvalue weighted by Crippen LogP contribution is 2.23. The van der Waals surface area contributed by atoms with E-state index < -0.39 is 12.1 Å². The number of likely N-dealkylation sites (N-methyl/N-ethyl adjacent to an activating group) is 1. The van der Waals surface area contributed by atoms with Crippen LogP contribution in [-0.2, 0) is 9.53 Å². The maximum Gasteiger partial charge on any atom is 0.332 e. The minimum absolute atomic E-state index is 0.108. The van der Waals surface area contributed by atoms with Gasteiger partial charge in [0.15, 0.2) is 6.10 Å². The van der Waals surface area contributed by atoms with Gasteiger partial charge in [-0.2, -0.15) is 0 Å². The zero-order chi connectivity index (χ0) is 13.8. The highest BCUT2D eigenvalue weighted by atomic mass is 16.5. The van der Waals surface area contributed by atoms with Crippen molar-refractivity contribution in [1.82, 2.24) is 9.80 Å². The zero-order valence-corrected chi connectivity index (χ0v) is 12.0. The van der Waals surface area contributed by atoms with Crippen LogP contribution in [0.1, 0.15) is 33.1 Å². The van der Waals surface area contributed by atoms with Crippen molar-refractivity contribution in [3.63, 3.8) is 0 Å². The van der Waals surface area contributed by atoms with Gasteiger partial charge < -0.3 is 9.84 Å². The highest BCUT2D eigenvalue weighted by molar-refractivity contribution is 5.72. The smallest absolute Gasteiger partial charge is 0.332 e. The molecular formula is C14H26N2O3. The second-order valence-electron chi connectivity index (χ2n) is 5.59. The molecule has 0 spiro atoms. The second kappa shape index (κ2) is 6.68. The summed E-state index contributed by atoms with van der Waals surface area (Å²) in [7, 11) is 0. The van der Waals surface area contributed by atoms with Gasteiger partial charge in [0, 0.05) is 19.1 Å². The van der Waals surface area contributed by atoms with Gasteiger partial charge in [0.1, 0.15) is 0 Å². The van der Waals surface area contributed by atoms with E-state index in [9.17, 15) is 4.79 Å². The van der Waals surface area contributed by atoms with Crippen molar-refractivity contribution in [1.29, 1.82) is 0 Å². The minimum Gasteiger partial charge on any atom is -0.479 e. The normalized spacial score (nSPS) is 32.3. The van der Waals surface area contributed by atoms with Crippen molar-refractivity contribution in [2.24, 2.45) is 0 Å². The van der Waals surface area contributed by atoms with Gasteiger partial charge in [-0.25, -0.2) is 4.79 Å². The van der Waals surface area contributed by atoms with E-state index in [0.29, 0.717) is 12.5 Å².